The topological polar surface area (TPSA) is 82.4 Å². The Morgan fingerprint density at radius 2 is 1.71 bits per heavy atom. The van der Waals surface area contributed by atoms with Crippen LogP contribution in [0.15, 0.2) is 72.8 Å². The van der Waals surface area contributed by atoms with Gasteiger partial charge in [0, 0.05) is 12.5 Å². The Hall–Kier alpha value is -4.11. The van der Waals surface area contributed by atoms with Gasteiger partial charge in [0.05, 0.1) is 23.0 Å². The fourth-order valence-corrected chi connectivity index (χ4v) is 3.66. The Bertz CT molecular complexity index is 1150. The van der Waals surface area contributed by atoms with Gasteiger partial charge in [0.15, 0.2) is 6.61 Å². The van der Waals surface area contributed by atoms with Crippen LogP contribution >= 0.6 is 0 Å². The quantitative estimate of drug-likeness (QED) is 0.691. The number of para-hydroxylation sites is 2. The fourth-order valence-electron chi connectivity index (χ4n) is 3.66. The molecular weight excluding hydrogens is 390 g/mol. The van der Waals surface area contributed by atoms with Gasteiger partial charge in [-0.3, -0.25) is 9.59 Å². The van der Waals surface area contributed by atoms with Crippen LogP contribution in [0.25, 0.3) is 11.1 Å². The molecular formula is C25H21N3O3. The van der Waals surface area contributed by atoms with Gasteiger partial charge in [-0.1, -0.05) is 36.4 Å². The average molecular weight is 411 g/mol. The summed E-state index contributed by atoms with van der Waals surface area (Å²) in [4.78, 5) is 26.7. The summed E-state index contributed by atoms with van der Waals surface area (Å²) in [5.74, 6) is 0.248. The molecule has 31 heavy (non-hydrogen) atoms. The summed E-state index contributed by atoms with van der Waals surface area (Å²) in [6.07, 6.45) is 0.222. The van der Waals surface area contributed by atoms with E-state index >= 15 is 0 Å². The number of fused-ring (bicyclic) bond motifs is 1. The normalized spacial score (nSPS) is 15.3. The number of carbonyl (C=O) groups excluding carboxylic acids is 2. The Balaban J connectivity index is 1.46. The second-order valence-electron chi connectivity index (χ2n) is 7.38. The summed E-state index contributed by atoms with van der Waals surface area (Å²) >= 11 is 0. The second kappa shape index (κ2) is 8.72. The Kier molecular flexibility index (Phi) is 5.67. The molecule has 0 radical (unpaired) electrons. The van der Waals surface area contributed by atoms with Crippen molar-refractivity contribution in [1.29, 1.82) is 5.26 Å². The van der Waals surface area contributed by atoms with Crippen LogP contribution in [-0.4, -0.2) is 24.5 Å². The summed E-state index contributed by atoms with van der Waals surface area (Å²) in [6, 6.07) is 23.9. The number of rotatable bonds is 4. The lowest BCUT2D eigenvalue weighted by atomic mass is 10.0. The Morgan fingerprint density at radius 1 is 1.06 bits per heavy atom. The van der Waals surface area contributed by atoms with Crippen molar-refractivity contribution in [3.8, 4) is 22.9 Å². The number of nitrogens with zero attached hydrogens (tertiary/aromatic N) is 2. The van der Waals surface area contributed by atoms with Gasteiger partial charge in [-0.05, 0) is 54.4 Å². The molecule has 0 saturated carbocycles. The highest BCUT2D eigenvalue weighted by molar-refractivity contribution is 6.04. The zero-order valence-corrected chi connectivity index (χ0v) is 17.0. The molecule has 6 heteroatoms. The van der Waals surface area contributed by atoms with Crippen LogP contribution in [-0.2, 0) is 9.59 Å². The van der Waals surface area contributed by atoms with E-state index in [1.165, 1.54) is 0 Å². The first-order chi connectivity index (χ1) is 15.0. The van der Waals surface area contributed by atoms with E-state index in [0.717, 1.165) is 11.1 Å². The SMILES string of the molecule is C[C@@H]1CC(=O)Nc2ccccc2N1C(=O)COc1ccc(-c2ccc(C#N)cc2)cc1. The largest absolute Gasteiger partial charge is 0.484 e. The minimum atomic E-state index is -0.279. The molecule has 1 N–H and O–H groups in total. The maximum atomic E-state index is 13.0. The third kappa shape index (κ3) is 4.41. The molecule has 1 aliphatic rings. The molecule has 0 aromatic heterocycles. The molecule has 0 bridgehead atoms. The summed E-state index contributed by atoms with van der Waals surface area (Å²) in [7, 11) is 0. The molecule has 2 amide bonds. The van der Waals surface area contributed by atoms with Crippen LogP contribution in [0, 0.1) is 11.3 Å². The van der Waals surface area contributed by atoms with E-state index in [4.69, 9.17) is 10.00 Å². The first-order valence-corrected chi connectivity index (χ1v) is 9.99. The molecule has 0 unspecified atom stereocenters. The van der Waals surface area contributed by atoms with Gasteiger partial charge >= 0.3 is 0 Å². The minimum Gasteiger partial charge on any atom is -0.484 e. The van der Waals surface area contributed by atoms with Gasteiger partial charge < -0.3 is 15.0 Å². The molecule has 154 valence electrons. The van der Waals surface area contributed by atoms with Crippen molar-refractivity contribution in [1.82, 2.24) is 0 Å². The minimum absolute atomic E-state index is 0.116. The molecule has 3 aromatic rings. The highest BCUT2D eigenvalue weighted by Gasteiger charge is 2.29. The van der Waals surface area contributed by atoms with Gasteiger partial charge in [0.25, 0.3) is 5.91 Å². The molecule has 4 rings (SSSR count). The van der Waals surface area contributed by atoms with Crippen molar-refractivity contribution in [3.05, 3.63) is 78.4 Å². The number of benzene rings is 3. The summed E-state index contributed by atoms with van der Waals surface area (Å²) in [6.45, 7) is 1.72. The van der Waals surface area contributed by atoms with Crippen molar-refractivity contribution in [3.63, 3.8) is 0 Å². The fraction of sp³-hybridized carbons (Fsp3) is 0.160. The lowest BCUT2D eigenvalue weighted by Crippen LogP contribution is -2.41. The Labute approximate surface area is 180 Å². The molecule has 0 aliphatic carbocycles. The summed E-state index contributed by atoms with van der Waals surface area (Å²) in [5, 5.41) is 11.8. The predicted molar refractivity (Wildman–Crippen MR) is 119 cm³/mol. The molecule has 3 aromatic carbocycles. The standard InChI is InChI=1S/C25H21N3O3/c1-17-14-24(29)27-22-4-2-3-5-23(22)28(17)25(30)16-31-21-12-10-20(11-13-21)19-8-6-18(15-26)7-9-19/h2-13,17H,14,16H2,1H3,(H,27,29)/t17-/m1/s1. The van der Waals surface area contributed by atoms with Gasteiger partial charge in [-0.2, -0.15) is 5.26 Å². The van der Waals surface area contributed by atoms with E-state index in [9.17, 15) is 9.59 Å². The number of amides is 2. The second-order valence-corrected chi connectivity index (χ2v) is 7.38. The van der Waals surface area contributed by atoms with E-state index in [-0.39, 0.29) is 30.9 Å². The van der Waals surface area contributed by atoms with Crippen molar-refractivity contribution >= 4 is 23.2 Å². The van der Waals surface area contributed by atoms with E-state index in [0.29, 0.717) is 22.7 Å². The third-order valence-electron chi connectivity index (χ3n) is 5.19. The van der Waals surface area contributed by atoms with E-state index < -0.39 is 0 Å². The first kappa shape index (κ1) is 20.2. The van der Waals surface area contributed by atoms with Crippen molar-refractivity contribution in [2.75, 3.05) is 16.8 Å². The summed E-state index contributed by atoms with van der Waals surface area (Å²) in [5.41, 5.74) is 3.89. The molecule has 0 spiro atoms. The smallest absolute Gasteiger partial charge is 0.265 e. The maximum Gasteiger partial charge on any atom is 0.265 e. The van der Waals surface area contributed by atoms with E-state index in [2.05, 4.69) is 11.4 Å². The lowest BCUT2D eigenvalue weighted by Gasteiger charge is -2.27. The van der Waals surface area contributed by atoms with Crippen LogP contribution < -0.4 is 15.0 Å². The molecule has 0 saturated heterocycles. The number of carbonyl (C=O) groups is 2. The van der Waals surface area contributed by atoms with E-state index in [1.54, 1.807) is 23.1 Å². The van der Waals surface area contributed by atoms with Crippen LogP contribution in [0.1, 0.15) is 18.9 Å². The van der Waals surface area contributed by atoms with Crippen LogP contribution in [0.5, 0.6) is 5.75 Å². The van der Waals surface area contributed by atoms with Gasteiger partial charge in [-0.15, -0.1) is 0 Å². The molecule has 6 nitrogen and oxygen atoms in total. The first-order valence-electron chi connectivity index (χ1n) is 9.99. The number of anilines is 2. The highest BCUT2D eigenvalue weighted by Crippen LogP contribution is 2.31. The van der Waals surface area contributed by atoms with Crippen LogP contribution in [0.4, 0.5) is 11.4 Å². The van der Waals surface area contributed by atoms with Crippen molar-refractivity contribution in [2.45, 2.75) is 19.4 Å². The van der Waals surface area contributed by atoms with Crippen LogP contribution in [0.2, 0.25) is 0 Å². The van der Waals surface area contributed by atoms with Crippen molar-refractivity contribution < 1.29 is 14.3 Å². The third-order valence-corrected chi connectivity index (χ3v) is 5.19. The number of nitriles is 1. The molecule has 1 aliphatic heterocycles. The number of hydrogen-bond donors (Lipinski definition) is 1. The molecule has 0 fully saturated rings. The van der Waals surface area contributed by atoms with Gasteiger partial charge in [0.1, 0.15) is 5.75 Å². The Morgan fingerprint density at radius 3 is 2.39 bits per heavy atom. The zero-order valence-electron chi connectivity index (χ0n) is 17.0. The monoisotopic (exact) mass is 411 g/mol. The maximum absolute atomic E-state index is 13.0. The van der Waals surface area contributed by atoms with E-state index in [1.807, 2.05) is 61.5 Å². The molecule has 1 atom stereocenters. The number of hydrogen-bond acceptors (Lipinski definition) is 4. The number of nitrogens with one attached hydrogen (secondary N) is 1. The van der Waals surface area contributed by atoms with Gasteiger partial charge in [0.2, 0.25) is 5.91 Å². The average Bonchev–Trinajstić information content (AvgIpc) is 2.92. The predicted octanol–water partition coefficient (Wildman–Crippen LogP) is 4.37. The van der Waals surface area contributed by atoms with Crippen LogP contribution in [0.3, 0.4) is 0 Å². The number of ether oxygens (including phenoxy) is 1. The molecule has 1 heterocycles. The summed E-state index contributed by atoms with van der Waals surface area (Å²) < 4.78 is 5.74. The lowest BCUT2D eigenvalue weighted by molar-refractivity contribution is -0.121. The highest BCUT2D eigenvalue weighted by atomic mass is 16.5. The van der Waals surface area contributed by atoms with Gasteiger partial charge in [-0.25, -0.2) is 0 Å². The van der Waals surface area contributed by atoms with Crippen molar-refractivity contribution in [2.24, 2.45) is 0 Å². The zero-order chi connectivity index (χ0) is 21.8.